The Kier molecular flexibility index (Phi) is 1.79. The molecule has 0 bridgehead atoms. The highest BCUT2D eigenvalue weighted by atomic mass is 16.4. The van der Waals surface area contributed by atoms with Crippen LogP contribution in [0, 0.1) is 0 Å². The van der Waals surface area contributed by atoms with E-state index in [9.17, 15) is 9.90 Å². The van der Waals surface area contributed by atoms with E-state index in [1.54, 1.807) is 0 Å². The van der Waals surface area contributed by atoms with E-state index >= 15 is 0 Å². The van der Waals surface area contributed by atoms with Gasteiger partial charge in [0.25, 0.3) is 0 Å². The Balaban J connectivity index is 2.19. The van der Waals surface area contributed by atoms with Crippen LogP contribution in [0.25, 0.3) is 0 Å². The summed E-state index contributed by atoms with van der Waals surface area (Å²) >= 11 is 0. The molecule has 2 fully saturated rings. The molecule has 5 N–H and O–H groups in total. The molecular weight excluding hydrogens is 180 g/mol. The number of amides is 1. The zero-order valence-electron chi connectivity index (χ0n) is 6.53. The first kappa shape index (κ1) is 8.85. The fourth-order valence-electron chi connectivity index (χ4n) is 1.66. The molecule has 2 heterocycles. The van der Waals surface area contributed by atoms with Crippen LogP contribution in [0.3, 0.4) is 0 Å². The molecule has 2 aliphatic rings. The highest BCUT2D eigenvalue weighted by Gasteiger charge is 2.58. The van der Waals surface area contributed by atoms with Crippen LogP contribution < -0.4 is 5.32 Å². The van der Waals surface area contributed by atoms with Crippen LogP contribution in [0.15, 0.2) is 0 Å². The maximum Gasteiger partial charge on any atom is 0.242 e. The number of nitrogens with one attached hydrogen (secondary N) is 1. The fourth-order valence-corrected chi connectivity index (χ4v) is 1.66. The largest absolute Gasteiger partial charge is 0.387 e. The van der Waals surface area contributed by atoms with Crippen molar-refractivity contribution in [2.24, 2.45) is 0 Å². The molecule has 2 saturated heterocycles. The zero-order chi connectivity index (χ0) is 9.75. The molecule has 0 radical (unpaired) electrons. The molecule has 0 aliphatic carbocycles. The van der Waals surface area contributed by atoms with E-state index < -0.39 is 36.7 Å². The maximum atomic E-state index is 11.1. The number of hydrogen-bond donors (Lipinski definition) is 5. The van der Waals surface area contributed by atoms with Gasteiger partial charge in [0.15, 0.2) is 12.5 Å². The molecular formula is C6H10N2O5. The SMILES string of the molecule is O=C1NC(O)C(O)N2C(O)C(O)C12. The van der Waals surface area contributed by atoms with Crippen molar-refractivity contribution in [3.63, 3.8) is 0 Å². The van der Waals surface area contributed by atoms with Crippen LogP contribution in [0.1, 0.15) is 0 Å². The van der Waals surface area contributed by atoms with Crippen LogP contribution >= 0.6 is 0 Å². The maximum absolute atomic E-state index is 11.1. The van der Waals surface area contributed by atoms with Crippen molar-refractivity contribution in [3.8, 4) is 0 Å². The summed E-state index contributed by atoms with van der Waals surface area (Å²) in [7, 11) is 0. The Hall–Kier alpha value is -0.730. The van der Waals surface area contributed by atoms with Gasteiger partial charge in [-0.05, 0) is 0 Å². The third-order valence-corrected chi connectivity index (χ3v) is 2.40. The number of aliphatic hydroxyl groups excluding tert-OH is 4. The standard InChI is InChI=1S/C6H10N2O5/c9-2-1-3(10)7-4(11)6(13)8(1)5(2)12/h1-2,4-6,9,11-13H,(H,7,10). The Labute approximate surface area is 73.2 Å². The van der Waals surface area contributed by atoms with Gasteiger partial charge in [0.2, 0.25) is 5.91 Å². The number of aliphatic hydroxyl groups is 4. The second-order valence-electron chi connectivity index (χ2n) is 3.16. The topological polar surface area (TPSA) is 113 Å². The van der Waals surface area contributed by atoms with E-state index in [0.29, 0.717) is 0 Å². The summed E-state index contributed by atoms with van der Waals surface area (Å²) in [4.78, 5) is 12.0. The van der Waals surface area contributed by atoms with Gasteiger partial charge >= 0.3 is 0 Å². The Morgan fingerprint density at radius 1 is 1.15 bits per heavy atom. The quantitative estimate of drug-likeness (QED) is 0.267. The molecule has 2 aliphatic heterocycles. The first-order valence-corrected chi connectivity index (χ1v) is 3.84. The second kappa shape index (κ2) is 2.63. The van der Waals surface area contributed by atoms with Crippen molar-refractivity contribution < 1.29 is 25.2 Å². The Morgan fingerprint density at radius 3 is 2.38 bits per heavy atom. The summed E-state index contributed by atoms with van der Waals surface area (Å²) in [6.45, 7) is 0. The van der Waals surface area contributed by atoms with Crippen molar-refractivity contribution in [1.29, 1.82) is 0 Å². The lowest BCUT2D eigenvalue weighted by molar-refractivity contribution is -0.287. The van der Waals surface area contributed by atoms with Crippen molar-refractivity contribution in [2.45, 2.75) is 30.8 Å². The average molecular weight is 190 g/mol. The summed E-state index contributed by atoms with van der Waals surface area (Å²) in [6.07, 6.45) is -5.30. The van der Waals surface area contributed by atoms with Crippen molar-refractivity contribution in [1.82, 2.24) is 10.2 Å². The average Bonchev–Trinajstić information content (AvgIpc) is 2.09. The number of carbonyl (C=O) groups excluding carboxylic acids is 1. The Bertz CT molecular complexity index is 247. The summed E-state index contributed by atoms with van der Waals surface area (Å²) in [5, 5.41) is 38.7. The predicted octanol–water partition coefficient (Wildman–Crippen LogP) is -3.88. The molecule has 5 unspecified atom stereocenters. The third-order valence-electron chi connectivity index (χ3n) is 2.40. The molecule has 7 nitrogen and oxygen atoms in total. The van der Waals surface area contributed by atoms with E-state index in [2.05, 4.69) is 5.32 Å². The summed E-state index contributed by atoms with van der Waals surface area (Å²) < 4.78 is 0. The minimum atomic E-state index is -1.43. The van der Waals surface area contributed by atoms with Crippen molar-refractivity contribution >= 4 is 5.91 Å². The summed E-state index contributed by atoms with van der Waals surface area (Å²) in [6, 6.07) is -0.964. The molecule has 13 heavy (non-hydrogen) atoms. The van der Waals surface area contributed by atoms with Crippen LogP contribution in [-0.4, -0.2) is 62.1 Å². The number of hydrogen-bond acceptors (Lipinski definition) is 6. The highest BCUT2D eigenvalue weighted by Crippen LogP contribution is 2.30. The van der Waals surface area contributed by atoms with E-state index in [1.807, 2.05) is 0 Å². The van der Waals surface area contributed by atoms with E-state index in [1.165, 1.54) is 0 Å². The normalized spacial score (nSPS) is 50.8. The minimum absolute atomic E-state index is 0.601. The number of nitrogens with zero attached hydrogens (tertiary/aromatic N) is 1. The lowest BCUT2D eigenvalue weighted by Gasteiger charge is -2.54. The van der Waals surface area contributed by atoms with E-state index in [-0.39, 0.29) is 0 Å². The van der Waals surface area contributed by atoms with Crippen LogP contribution in [0.2, 0.25) is 0 Å². The predicted molar refractivity (Wildman–Crippen MR) is 37.8 cm³/mol. The molecule has 0 aromatic rings. The monoisotopic (exact) mass is 190 g/mol. The fraction of sp³-hybridized carbons (Fsp3) is 0.833. The van der Waals surface area contributed by atoms with Crippen LogP contribution in [0.4, 0.5) is 0 Å². The minimum Gasteiger partial charge on any atom is -0.387 e. The van der Waals surface area contributed by atoms with Gasteiger partial charge in [-0.25, -0.2) is 4.90 Å². The second-order valence-corrected chi connectivity index (χ2v) is 3.16. The van der Waals surface area contributed by atoms with E-state index in [0.717, 1.165) is 4.90 Å². The van der Waals surface area contributed by atoms with Gasteiger partial charge in [-0.15, -0.1) is 0 Å². The van der Waals surface area contributed by atoms with Crippen molar-refractivity contribution in [2.75, 3.05) is 0 Å². The molecule has 74 valence electrons. The number of fused-ring (bicyclic) bond motifs is 1. The zero-order valence-corrected chi connectivity index (χ0v) is 6.53. The van der Waals surface area contributed by atoms with Gasteiger partial charge in [0, 0.05) is 0 Å². The first-order chi connectivity index (χ1) is 6.04. The molecule has 0 spiro atoms. The van der Waals surface area contributed by atoms with Gasteiger partial charge in [0.05, 0.1) is 0 Å². The van der Waals surface area contributed by atoms with Gasteiger partial charge < -0.3 is 25.7 Å². The van der Waals surface area contributed by atoms with E-state index in [4.69, 9.17) is 15.3 Å². The van der Waals surface area contributed by atoms with Crippen molar-refractivity contribution in [3.05, 3.63) is 0 Å². The van der Waals surface area contributed by atoms with Gasteiger partial charge in [-0.2, -0.15) is 0 Å². The number of piperazine rings is 1. The van der Waals surface area contributed by atoms with Gasteiger partial charge in [-0.1, -0.05) is 0 Å². The molecule has 7 heteroatoms. The summed E-state index contributed by atoms with van der Waals surface area (Å²) in [5.41, 5.74) is 0. The third kappa shape index (κ3) is 0.990. The smallest absolute Gasteiger partial charge is 0.242 e. The lowest BCUT2D eigenvalue weighted by atomic mass is 9.92. The highest BCUT2D eigenvalue weighted by molar-refractivity contribution is 5.84. The van der Waals surface area contributed by atoms with Gasteiger partial charge in [0.1, 0.15) is 18.4 Å². The molecule has 1 amide bonds. The molecule has 0 aromatic heterocycles. The Morgan fingerprint density at radius 2 is 1.77 bits per heavy atom. The molecule has 0 aromatic carbocycles. The molecule has 2 rings (SSSR count). The molecule has 0 saturated carbocycles. The lowest BCUT2D eigenvalue weighted by Crippen LogP contribution is -2.81. The summed E-state index contributed by atoms with van der Waals surface area (Å²) in [5.74, 6) is -0.601. The van der Waals surface area contributed by atoms with Crippen LogP contribution in [0.5, 0.6) is 0 Å². The molecule has 5 atom stereocenters. The van der Waals surface area contributed by atoms with Gasteiger partial charge in [-0.3, -0.25) is 4.79 Å². The number of carbonyl (C=O) groups is 1. The first-order valence-electron chi connectivity index (χ1n) is 3.84. The number of rotatable bonds is 0. The van der Waals surface area contributed by atoms with Crippen LogP contribution in [-0.2, 0) is 4.79 Å².